The van der Waals surface area contributed by atoms with Crippen LogP contribution in [-0.2, 0) is 0 Å². The van der Waals surface area contributed by atoms with Gasteiger partial charge >= 0.3 is 6.03 Å². The van der Waals surface area contributed by atoms with Crippen molar-refractivity contribution in [1.29, 1.82) is 0 Å². The fourth-order valence-corrected chi connectivity index (χ4v) is 3.33. The fourth-order valence-electron chi connectivity index (χ4n) is 2.64. The molecule has 1 aliphatic carbocycles. The number of imidazole rings is 1. The fraction of sp³-hybridized carbons (Fsp3) is 0.462. The molecule has 106 valence electrons. The van der Waals surface area contributed by atoms with E-state index < -0.39 is 0 Å². The highest BCUT2D eigenvalue weighted by Gasteiger charge is 2.29. The Morgan fingerprint density at radius 3 is 3.10 bits per heavy atom. The second-order valence-corrected chi connectivity index (χ2v) is 5.87. The Balaban J connectivity index is 1.60. The Morgan fingerprint density at radius 1 is 1.50 bits per heavy atom. The molecule has 0 aromatic carbocycles. The van der Waals surface area contributed by atoms with Gasteiger partial charge in [0.15, 0.2) is 5.13 Å². The molecule has 2 heterocycles. The zero-order valence-electron chi connectivity index (χ0n) is 11.2. The van der Waals surface area contributed by atoms with Crippen molar-refractivity contribution in [3.63, 3.8) is 0 Å². The molecule has 0 unspecified atom stereocenters. The zero-order chi connectivity index (χ0) is 13.9. The predicted octanol–water partition coefficient (Wildman–Crippen LogP) is 2.56. The molecule has 1 saturated carbocycles. The summed E-state index contributed by atoms with van der Waals surface area (Å²) < 4.78 is 2.07. The first-order valence-electron chi connectivity index (χ1n) is 6.69. The lowest BCUT2D eigenvalue weighted by atomic mass is 10.2. The van der Waals surface area contributed by atoms with Crippen molar-refractivity contribution in [3.05, 3.63) is 29.8 Å². The van der Waals surface area contributed by atoms with Gasteiger partial charge < -0.3 is 9.88 Å². The zero-order valence-corrected chi connectivity index (χ0v) is 12.1. The van der Waals surface area contributed by atoms with Gasteiger partial charge in [0, 0.05) is 17.8 Å². The highest BCUT2D eigenvalue weighted by atomic mass is 32.1. The Kier molecular flexibility index (Phi) is 3.68. The maximum Gasteiger partial charge on any atom is 0.321 e. The molecule has 20 heavy (non-hydrogen) atoms. The van der Waals surface area contributed by atoms with Gasteiger partial charge in [-0.25, -0.2) is 14.8 Å². The number of nitrogens with one attached hydrogen (secondary N) is 2. The molecule has 1 fully saturated rings. The monoisotopic (exact) mass is 291 g/mol. The average Bonchev–Trinajstić information content (AvgIpc) is 3.10. The van der Waals surface area contributed by atoms with Gasteiger partial charge in [-0.1, -0.05) is 0 Å². The lowest BCUT2D eigenvalue weighted by molar-refractivity contribution is 0.245. The van der Waals surface area contributed by atoms with Crippen molar-refractivity contribution >= 4 is 22.5 Å². The summed E-state index contributed by atoms with van der Waals surface area (Å²) in [5.74, 6) is 0. The molecule has 0 saturated heterocycles. The summed E-state index contributed by atoms with van der Waals surface area (Å²) in [7, 11) is 0. The molecule has 2 atom stereocenters. The van der Waals surface area contributed by atoms with Gasteiger partial charge in [0.2, 0.25) is 0 Å². The summed E-state index contributed by atoms with van der Waals surface area (Å²) in [6.07, 6.45) is 8.71. The number of carbonyl (C=O) groups is 1. The number of rotatable bonds is 3. The summed E-state index contributed by atoms with van der Waals surface area (Å²) in [4.78, 5) is 20.3. The van der Waals surface area contributed by atoms with Crippen LogP contribution in [-0.4, -0.2) is 26.6 Å². The molecule has 7 heteroatoms. The molecular formula is C13H17N5OS. The maximum absolute atomic E-state index is 12.0. The molecule has 1 aliphatic rings. The van der Waals surface area contributed by atoms with Crippen LogP contribution in [0.3, 0.4) is 0 Å². The molecule has 3 rings (SSSR count). The SMILES string of the molecule is Cc1csc(NC(=O)N[C@H]2CCC[C@H]2n2ccnc2)n1. The highest BCUT2D eigenvalue weighted by molar-refractivity contribution is 7.13. The third-order valence-corrected chi connectivity index (χ3v) is 4.42. The minimum atomic E-state index is -0.184. The Morgan fingerprint density at radius 2 is 2.40 bits per heavy atom. The van der Waals surface area contributed by atoms with E-state index in [-0.39, 0.29) is 12.1 Å². The smallest absolute Gasteiger partial charge is 0.321 e. The Bertz CT molecular complexity index is 579. The number of amides is 2. The van der Waals surface area contributed by atoms with Crippen LogP contribution in [0.15, 0.2) is 24.1 Å². The molecule has 0 spiro atoms. The number of anilines is 1. The molecule has 0 bridgehead atoms. The summed E-state index contributed by atoms with van der Waals surface area (Å²) in [5, 5.41) is 8.38. The van der Waals surface area contributed by atoms with Crippen LogP contribution >= 0.6 is 11.3 Å². The Labute approximate surface area is 121 Å². The van der Waals surface area contributed by atoms with Gasteiger partial charge in [0.05, 0.1) is 24.1 Å². The molecule has 2 N–H and O–H groups in total. The van der Waals surface area contributed by atoms with E-state index in [1.807, 2.05) is 24.8 Å². The van der Waals surface area contributed by atoms with E-state index in [2.05, 4.69) is 25.2 Å². The van der Waals surface area contributed by atoms with Crippen molar-refractivity contribution in [2.24, 2.45) is 0 Å². The van der Waals surface area contributed by atoms with Gasteiger partial charge in [0.1, 0.15) is 0 Å². The van der Waals surface area contributed by atoms with Crippen LogP contribution in [0.25, 0.3) is 0 Å². The van der Waals surface area contributed by atoms with E-state index in [1.165, 1.54) is 11.3 Å². The standard InChI is InChI=1S/C13H17N5OS/c1-9-7-20-13(15-9)17-12(19)16-10-3-2-4-11(10)18-6-5-14-8-18/h5-8,10-11H,2-4H2,1H3,(H2,15,16,17,19)/t10-,11+/m0/s1. The number of thiazole rings is 1. The number of aryl methyl sites for hydroxylation is 1. The largest absolute Gasteiger partial charge is 0.333 e. The van der Waals surface area contributed by atoms with Gasteiger partial charge in [-0.2, -0.15) is 0 Å². The van der Waals surface area contributed by atoms with Crippen LogP contribution < -0.4 is 10.6 Å². The third-order valence-electron chi connectivity index (χ3n) is 3.54. The minimum absolute atomic E-state index is 0.144. The normalized spacial score (nSPS) is 21.9. The van der Waals surface area contributed by atoms with E-state index in [4.69, 9.17) is 0 Å². The molecule has 2 amide bonds. The van der Waals surface area contributed by atoms with Gasteiger partial charge in [-0.05, 0) is 26.2 Å². The van der Waals surface area contributed by atoms with Crippen LogP contribution in [0.2, 0.25) is 0 Å². The van der Waals surface area contributed by atoms with Crippen LogP contribution in [0.5, 0.6) is 0 Å². The molecule has 0 radical (unpaired) electrons. The van der Waals surface area contributed by atoms with E-state index >= 15 is 0 Å². The molecule has 6 nitrogen and oxygen atoms in total. The number of aromatic nitrogens is 3. The molecule has 2 aromatic heterocycles. The number of nitrogens with zero attached hydrogens (tertiary/aromatic N) is 3. The van der Waals surface area contributed by atoms with Gasteiger partial charge in [-0.3, -0.25) is 5.32 Å². The summed E-state index contributed by atoms with van der Waals surface area (Å²) in [6, 6.07) is 0.253. The van der Waals surface area contributed by atoms with Crippen molar-refractivity contribution in [1.82, 2.24) is 19.9 Å². The number of hydrogen-bond acceptors (Lipinski definition) is 4. The second-order valence-electron chi connectivity index (χ2n) is 5.01. The average molecular weight is 291 g/mol. The van der Waals surface area contributed by atoms with Crippen molar-refractivity contribution in [3.8, 4) is 0 Å². The van der Waals surface area contributed by atoms with Crippen molar-refractivity contribution in [2.75, 3.05) is 5.32 Å². The van der Waals surface area contributed by atoms with Crippen LogP contribution in [0.1, 0.15) is 31.0 Å². The van der Waals surface area contributed by atoms with E-state index in [1.54, 1.807) is 6.20 Å². The lowest BCUT2D eigenvalue weighted by Crippen LogP contribution is -2.40. The van der Waals surface area contributed by atoms with Crippen molar-refractivity contribution in [2.45, 2.75) is 38.3 Å². The first-order valence-corrected chi connectivity index (χ1v) is 7.57. The topological polar surface area (TPSA) is 71.8 Å². The van der Waals surface area contributed by atoms with Crippen LogP contribution in [0.4, 0.5) is 9.93 Å². The molecule has 2 aromatic rings. The number of carbonyl (C=O) groups excluding carboxylic acids is 1. The third kappa shape index (κ3) is 2.82. The van der Waals surface area contributed by atoms with E-state index in [0.717, 1.165) is 25.0 Å². The first-order chi connectivity index (χ1) is 9.72. The maximum atomic E-state index is 12.0. The molecular weight excluding hydrogens is 274 g/mol. The minimum Gasteiger partial charge on any atom is -0.333 e. The molecule has 0 aliphatic heterocycles. The second kappa shape index (κ2) is 5.62. The number of urea groups is 1. The van der Waals surface area contributed by atoms with Crippen molar-refractivity contribution < 1.29 is 4.79 Å². The van der Waals surface area contributed by atoms with Gasteiger partial charge in [-0.15, -0.1) is 11.3 Å². The summed E-state index contributed by atoms with van der Waals surface area (Å²) >= 11 is 1.44. The predicted molar refractivity (Wildman–Crippen MR) is 77.9 cm³/mol. The van der Waals surface area contributed by atoms with E-state index in [0.29, 0.717) is 11.2 Å². The quantitative estimate of drug-likeness (QED) is 0.913. The Hall–Kier alpha value is -1.89. The highest BCUT2D eigenvalue weighted by Crippen LogP contribution is 2.30. The summed E-state index contributed by atoms with van der Waals surface area (Å²) in [5.41, 5.74) is 0.919. The van der Waals surface area contributed by atoms with Crippen LogP contribution in [0, 0.1) is 6.92 Å². The first kappa shape index (κ1) is 13.1. The summed E-state index contributed by atoms with van der Waals surface area (Å²) in [6.45, 7) is 1.91. The lowest BCUT2D eigenvalue weighted by Gasteiger charge is -2.22. The van der Waals surface area contributed by atoms with E-state index in [9.17, 15) is 4.79 Å². The van der Waals surface area contributed by atoms with Gasteiger partial charge in [0.25, 0.3) is 0 Å². The number of hydrogen-bond donors (Lipinski definition) is 2.